The largest absolute Gasteiger partial charge is 0.477 e. The summed E-state index contributed by atoms with van der Waals surface area (Å²) in [5, 5.41) is 2.18. The van der Waals surface area contributed by atoms with E-state index in [1.807, 2.05) is 24.3 Å². The van der Waals surface area contributed by atoms with Gasteiger partial charge in [-0.25, -0.2) is 4.98 Å². The Morgan fingerprint density at radius 3 is 2.78 bits per heavy atom. The number of fused-ring (bicyclic) bond motifs is 1. The maximum absolute atomic E-state index is 5.87. The lowest BCUT2D eigenvalue weighted by Crippen LogP contribution is -2.04. The van der Waals surface area contributed by atoms with Crippen LogP contribution < -0.4 is 4.74 Å². The Kier molecular flexibility index (Phi) is 4.43. The second-order valence-electron chi connectivity index (χ2n) is 4.80. The van der Waals surface area contributed by atoms with E-state index in [-0.39, 0.29) is 0 Å². The highest BCUT2D eigenvalue weighted by molar-refractivity contribution is 6.17. The van der Waals surface area contributed by atoms with E-state index in [4.69, 9.17) is 16.3 Å². The molecule has 0 atom stereocenters. The van der Waals surface area contributed by atoms with E-state index < -0.39 is 0 Å². The van der Waals surface area contributed by atoms with Gasteiger partial charge in [0.15, 0.2) is 0 Å². The van der Waals surface area contributed by atoms with Crippen LogP contribution in [0.1, 0.15) is 26.0 Å². The van der Waals surface area contributed by atoms with Crippen molar-refractivity contribution < 1.29 is 4.74 Å². The average molecular weight is 264 g/mol. The van der Waals surface area contributed by atoms with Gasteiger partial charge in [-0.1, -0.05) is 32.0 Å². The third kappa shape index (κ3) is 3.14. The van der Waals surface area contributed by atoms with Crippen molar-refractivity contribution in [1.82, 2.24) is 4.98 Å². The fourth-order valence-electron chi connectivity index (χ4n) is 1.79. The Morgan fingerprint density at radius 2 is 2.06 bits per heavy atom. The predicted molar refractivity (Wildman–Crippen MR) is 76.3 cm³/mol. The first-order valence-corrected chi connectivity index (χ1v) is 6.81. The number of rotatable bonds is 5. The summed E-state index contributed by atoms with van der Waals surface area (Å²) in [7, 11) is 0. The molecule has 1 heterocycles. The number of benzene rings is 1. The average Bonchev–Trinajstić information content (AvgIpc) is 2.38. The molecule has 0 radical (unpaired) electrons. The number of alkyl halides is 1. The molecule has 0 saturated heterocycles. The molecule has 0 N–H and O–H groups in total. The first-order valence-electron chi connectivity index (χ1n) is 6.28. The van der Waals surface area contributed by atoms with Crippen LogP contribution in [0.3, 0.4) is 0 Å². The zero-order chi connectivity index (χ0) is 13.0. The maximum atomic E-state index is 5.87. The number of halogens is 1. The molecule has 2 rings (SSSR count). The SMILES string of the molecule is CC(C)CCOc1nc(CCl)cc2ccccc12. The Hall–Kier alpha value is -1.28. The number of ether oxygens (including phenoxy) is 1. The van der Waals surface area contributed by atoms with Gasteiger partial charge < -0.3 is 4.74 Å². The summed E-state index contributed by atoms with van der Waals surface area (Å²) in [5.41, 5.74) is 0.856. The van der Waals surface area contributed by atoms with Gasteiger partial charge in [0.2, 0.25) is 5.88 Å². The third-order valence-corrected chi connectivity index (χ3v) is 3.10. The van der Waals surface area contributed by atoms with Crippen LogP contribution in [0.15, 0.2) is 30.3 Å². The Labute approximate surface area is 113 Å². The number of aromatic nitrogens is 1. The molecule has 2 aromatic rings. The van der Waals surface area contributed by atoms with E-state index in [2.05, 4.69) is 24.9 Å². The zero-order valence-electron chi connectivity index (χ0n) is 10.8. The minimum atomic E-state index is 0.408. The quantitative estimate of drug-likeness (QED) is 0.746. The number of hydrogen-bond donors (Lipinski definition) is 0. The van der Waals surface area contributed by atoms with Crippen LogP contribution in [-0.4, -0.2) is 11.6 Å². The van der Waals surface area contributed by atoms with Crippen LogP contribution in [0.5, 0.6) is 5.88 Å². The molecular formula is C15H18ClNO. The van der Waals surface area contributed by atoms with Crippen molar-refractivity contribution in [2.24, 2.45) is 5.92 Å². The number of nitrogens with zero attached hydrogens (tertiary/aromatic N) is 1. The smallest absolute Gasteiger partial charge is 0.221 e. The van der Waals surface area contributed by atoms with Crippen molar-refractivity contribution in [1.29, 1.82) is 0 Å². The van der Waals surface area contributed by atoms with Crippen molar-refractivity contribution in [3.63, 3.8) is 0 Å². The van der Waals surface area contributed by atoms with E-state index in [1.54, 1.807) is 0 Å². The van der Waals surface area contributed by atoms with E-state index in [9.17, 15) is 0 Å². The van der Waals surface area contributed by atoms with Crippen molar-refractivity contribution in [2.75, 3.05) is 6.61 Å². The predicted octanol–water partition coefficient (Wildman–Crippen LogP) is 4.40. The zero-order valence-corrected chi connectivity index (χ0v) is 11.6. The summed E-state index contributed by atoms with van der Waals surface area (Å²) < 4.78 is 5.80. The highest BCUT2D eigenvalue weighted by Crippen LogP contribution is 2.25. The minimum Gasteiger partial charge on any atom is -0.477 e. The topological polar surface area (TPSA) is 22.1 Å². The molecular weight excluding hydrogens is 246 g/mol. The highest BCUT2D eigenvalue weighted by atomic mass is 35.5. The summed E-state index contributed by atoms with van der Waals surface area (Å²) in [6, 6.07) is 10.1. The van der Waals surface area contributed by atoms with Gasteiger partial charge in [-0.2, -0.15) is 0 Å². The monoisotopic (exact) mass is 263 g/mol. The van der Waals surface area contributed by atoms with Crippen molar-refractivity contribution in [2.45, 2.75) is 26.1 Å². The van der Waals surface area contributed by atoms with Gasteiger partial charge in [-0.15, -0.1) is 11.6 Å². The summed E-state index contributed by atoms with van der Waals surface area (Å²) >= 11 is 5.87. The maximum Gasteiger partial charge on any atom is 0.221 e. The van der Waals surface area contributed by atoms with Gasteiger partial charge in [0.05, 0.1) is 18.2 Å². The van der Waals surface area contributed by atoms with E-state index >= 15 is 0 Å². The molecule has 0 bridgehead atoms. The van der Waals surface area contributed by atoms with Gasteiger partial charge in [0.25, 0.3) is 0 Å². The van der Waals surface area contributed by atoms with Crippen molar-refractivity contribution >= 4 is 22.4 Å². The first kappa shape index (κ1) is 13.2. The van der Waals surface area contributed by atoms with E-state index in [1.165, 1.54) is 0 Å². The van der Waals surface area contributed by atoms with Crippen LogP contribution in [0.2, 0.25) is 0 Å². The molecule has 0 amide bonds. The van der Waals surface area contributed by atoms with Crippen LogP contribution in [0.4, 0.5) is 0 Å². The molecule has 0 saturated carbocycles. The van der Waals surface area contributed by atoms with Crippen LogP contribution in [-0.2, 0) is 5.88 Å². The van der Waals surface area contributed by atoms with Crippen LogP contribution in [0.25, 0.3) is 10.8 Å². The molecule has 3 heteroatoms. The Balaban J connectivity index is 2.29. The van der Waals surface area contributed by atoms with Gasteiger partial charge in [0.1, 0.15) is 0 Å². The summed E-state index contributed by atoms with van der Waals surface area (Å²) in [6.45, 7) is 5.06. The molecule has 1 aromatic heterocycles. The second kappa shape index (κ2) is 6.05. The summed E-state index contributed by atoms with van der Waals surface area (Å²) in [6.07, 6.45) is 1.03. The van der Waals surface area contributed by atoms with Crippen LogP contribution >= 0.6 is 11.6 Å². The van der Waals surface area contributed by atoms with Gasteiger partial charge >= 0.3 is 0 Å². The third-order valence-electron chi connectivity index (χ3n) is 2.83. The van der Waals surface area contributed by atoms with Crippen molar-refractivity contribution in [3.8, 4) is 5.88 Å². The summed E-state index contributed by atoms with van der Waals surface area (Å²) in [5.74, 6) is 1.74. The molecule has 0 spiro atoms. The first-order chi connectivity index (χ1) is 8.70. The van der Waals surface area contributed by atoms with E-state index in [0.29, 0.717) is 24.3 Å². The number of pyridine rings is 1. The summed E-state index contributed by atoms with van der Waals surface area (Å²) in [4.78, 5) is 4.46. The number of hydrogen-bond acceptors (Lipinski definition) is 2. The second-order valence-corrected chi connectivity index (χ2v) is 5.07. The standard InChI is InChI=1S/C15H18ClNO/c1-11(2)7-8-18-15-14-6-4-3-5-12(14)9-13(10-16)17-15/h3-6,9,11H,7-8,10H2,1-2H3. The van der Waals surface area contributed by atoms with Crippen molar-refractivity contribution in [3.05, 3.63) is 36.0 Å². The lowest BCUT2D eigenvalue weighted by Gasteiger charge is -2.11. The minimum absolute atomic E-state index is 0.408. The van der Waals surface area contributed by atoms with E-state index in [0.717, 1.165) is 22.9 Å². The molecule has 96 valence electrons. The molecule has 18 heavy (non-hydrogen) atoms. The molecule has 2 nitrogen and oxygen atoms in total. The van der Waals surface area contributed by atoms with Crippen LogP contribution in [0, 0.1) is 5.92 Å². The molecule has 0 aliphatic carbocycles. The fraction of sp³-hybridized carbons (Fsp3) is 0.400. The van der Waals surface area contributed by atoms with Gasteiger partial charge in [-0.3, -0.25) is 0 Å². The molecule has 1 aromatic carbocycles. The normalized spacial score (nSPS) is 11.1. The molecule has 0 aliphatic heterocycles. The highest BCUT2D eigenvalue weighted by Gasteiger charge is 2.06. The molecule has 0 unspecified atom stereocenters. The Bertz CT molecular complexity index is 525. The Morgan fingerprint density at radius 1 is 1.28 bits per heavy atom. The molecule has 0 fully saturated rings. The molecule has 0 aliphatic rings. The fourth-order valence-corrected chi connectivity index (χ4v) is 1.93. The lowest BCUT2D eigenvalue weighted by atomic mass is 10.1. The van der Waals surface area contributed by atoms with Gasteiger partial charge in [-0.05, 0) is 29.9 Å². The lowest BCUT2D eigenvalue weighted by molar-refractivity contribution is 0.282. The van der Waals surface area contributed by atoms with Gasteiger partial charge in [0, 0.05) is 5.39 Å².